The molecule has 17 heavy (non-hydrogen) atoms. The van der Waals surface area contributed by atoms with Crippen molar-refractivity contribution >= 4 is 0 Å². The minimum atomic E-state index is -2.81. The van der Waals surface area contributed by atoms with Crippen molar-refractivity contribution in [2.45, 2.75) is 19.6 Å². The number of hydrogen-bond donors (Lipinski definition) is 1. The maximum absolute atomic E-state index is 12.1. The highest BCUT2D eigenvalue weighted by Crippen LogP contribution is 2.20. The largest absolute Gasteiger partial charge is 0.435 e. The number of nitrogens with two attached hydrogens (primary N) is 1. The summed E-state index contributed by atoms with van der Waals surface area (Å²) in [5.74, 6) is 0.145. The second-order valence-electron chi connectivity index (χ2n) is 3.91. The van der Waals surface area contributed by atoms with Crippen molar-refractivity contribution in [1.82, 2.24) is 4.90 Å². The van der Waals surface area contributed by atoms with E-state index in [1.54, 1.807) is 12.1 Å². The van der Waals surface area contributed by atoms with E-state index in [4.69, 9.17) is 5.73 Å². The Morgan fingerprint density at radius 2 is 2.12 bits per heavy atom. The van der Waals surface area contributed by atoms with E-state index in [9.17, 15) is 8.78 Å². The van der Waals surface area contributed by atoms with Gasteiger partial charge in [-0.1, -0.05) is 19.1 Å². The molecule has 0 bridgehead atoms. The van der Waals surface area contributed by atoms with Crippen molar-refractivity contribution in [3.05, 3.63) is 29.8 Å². The predicted octanol–water partition coefficient (Wildman–Crippen LogP) is 2.24. The molecule has 1 atom stereocenters. The highest BCUT2D eigenvalue weighted by atomic mass is 19.3. The molecule has 0 aliphatic rings. The summed E-state index contributed by atoms with van der Waals surface area (Å²) >= 11 is 0. The summed E-state index contributed by atoms with van der Waals surface area (Å²) in [5.41, 5.74) is 6.78. The molecule has 0 aliphatic carbocycles. The molecule has 0 aromatic heterocycles. The van der Waals surface area contributed by atoms with Crippen LogP contribution in [0.3, 0.4) is 0 Å². The molecule has 1 unspecified atom stereocenters. The zero-order valence-electron chi connectivity index (χ0n) is 10.1. The van der Waals surface area contributed by atoms with Crippen molar-refractivity contribution in [2.24, 2.45) is 5.73 Å². The topological polar surface area (TPSA) is 38.5 Å². The highest BCUT2D eigenvalue weighted by Gasteiger charge is 2.10. The van der Waals surface area contributed by atoms with Gasteiger partial charge in [-0.2, -0.15) is 8.78 Å². The van der Waals surface area contributed by atoms with Crippen LogP contribution in [-0.4, -0.2) is 31.6 Å². The summed E-state index contributed by atoms with van der Waals surface area (Å²) in [6.45, 7) is 0.790. The number of rotatable bonds is 6. The molecule has 0 spiro atoms. The Hall–Kier alpha value is -1.20. The lowest BCUT2D eigenvalue weighted by molar-refractivity contribution is -0.0499. The van der Waals surface area contributed by atoms with E-state index < -0.39 is 6.61 Å². The molecule has 0 amide bonds. The molecule has 2 N–H and O–H groups in total. The molecule has 1 aromatic carbocycles. The minimum absolute atomic E-state index is 0.145. The van der Waals surface area contributed by atoms with E-state index in [-0.39, 0.29) is 11.8 Å². The van der Waals surface area contributed by atoms with Crippen molar-refractivity contribution in [1.29, 1.82) is 0 Å². The van der Waals surface area contributed by atoms with Gasteiger partial charge in [-0.25, -0.2) is 0 Å². The Morgan fingerprint density at radius 3 is 2.71 bits per heavy atom. The quantitative estimate of drug-likeness (QED) is 0.834. The van der Waals surface area contributed by atoms with Gasteiger partial charge in [0.05, 0.1) is 0 Å². The van der Waals surface area contributed by atoms with E-state index in [0.29, 0.717) is 6.54 Å². The molecule has 0 radical (unpaired) electrons. The van der Waals surface area contributed by atoms with Crippen molar-refractivity contribution in [2.75, 3.05) is 20.1 Å². The summed E-state index contributed by atoms with van der Waals surface area (Å²) in [7, 11) is 1.96. The van der Waals surface area contributed by atoms with Gasteiger partial charge in [0.2, 0.25) is 0 Å². The number of halogens is 2. The fourth-order valence-corrected chi connectivity index (χ4v) is 1.49. The second-order valence-corrected chi connectivity index (χ2v) is 3.91. The van der Waals surface area contributed by atoms with Gasteiger partial charge >= 0.3 is 6.61 Å². The summed E-state index contributed by atoms with van der Waals surface area (Å²) in [6.07, 6.45) is 0. The fourth-order valence-electron chi connectivity index (χ4n) is 1.49. The zero-order valence-corrected chi connectivity index (χ0v) is 10.1. The summed E-state index contributed by atoms with van der Waals surface area (Å²) < 4.78 is 28.4. The molecule has 0 aliphatic heterocycles. The first-order valence-electron chi connectivity index (χ1n) is 5.51. The summed E-state index contributed by atoms with van der Waals surface area (Å²) in [4.78, 5) is 2.06. The molecule has 96 valence electrons. The molecule has 1 rings (SSSR count). The van der Waals surface area contributed by atoms with E-state index in [2.05, 4.69) is 9.64 Å². The van der Waals surface area contributed by atoms with Crippen molar-refractivity contribution < 1.29 is 13.5 Å². The molecular weight excluding hydrogens is 226 g/mol. The smallest absolute Gasteiger partial charge is 0.387 e. The number of benzene rings is 1. The summed E-state index contributed by atoms with van der Waals surface area (Å²) in [5, 5.41) is 0. The Kier molecular flexibility index (Phi) is 5.31. The normalized spacial score (nSPS) is 13.1. The first-order chi connectivity index (χ1) is 8.02. The predicted molar refractivity (Wildman–Crippen MR) is 63.2 cm³/mol. The molecular formula is C12H18F2N2O. The molecule has 0 fully saturated rings. The third-order valence-corrected chi connectivity index (χ3v) is 2.56. The Bertz CT molecular complexity index is 347. The Morgan fingerprint density at radius 1 is 1.41 bits per heavy atom. The van der Waals surface area contributed by atoms with E-state index in [1.165, 1.54) is 6.07 Å². The lowest BCUT2D eigenvalue weighted by Crippen LogP contribution is -2.28. The number of hydrogen-bond acceptors (Lipinski definition) is 3. The van der Waals surface area contributed by atoms with E-state index >= 15 is 0 Å². The van der Waals surface area contributed by atoms with Crippen LogP contribution in [0.5, 0.6) is 5.75 Å². The molecule has 1 aromatic rings. The van der Waals surface area contributed by atoms with Crippen LogP contribution in [0.15, 0.2) is 24.3 Å². The zero-order chi connectivity index (χ0) is 12.8. The van der Waals surface area contributed by atoms with Crippen LogP contribution in [0.4, 0.5) is 8.78 Å². The lowest BCUT2D eigenvalue weighted by Gasteiger charge is -2.20. The molecule has 0 heterocycles. The van der Waals surface area contributed by atoms with Crippen LogP contribution in [-0.2, 0) is 0 Å². The van der Waals surface area contributed by atoms with Crippen LogP contribution in [0.1, 0.15) is 18.5 Å². The van der Waals surface area contributed by atoms with Gasteiger partial charge in [0.15, 0.2) is 0 Å². The molecule has 0 saturated carbocycles. The van der Waals surface area contributed by atoms with E-state index in [1.807, 2.05) is 20.0 Å². The third kappa shape index (κ3) is 4.66. The van der Waals surface area contributed by atoms with Crippen LogP contribution < -0.4 is 10.5 Å². The van der Waals surface area contributed by atoms with Crippen molar-refractivity contribution in [3.63, 3.8) is 0 Å². The van der Waals surface area contributed by atoms with Gasteiger partial charge in [0, 0.05) is 12.6 Å². The minimum Gasteiger partial charge on any atom is -0.435 e. The standard InChI is InChI=1S/C12H18F2N2O/c1-3-16(2)8-11(15)9-5-4-6-10(7-9)17-12(13)14/h4-7,11-12H,3,8,15H2,1-2H3. The van der Waals surface area contributed by atoms with Gasteiger partial charge in [-0.3, -0.25) is 0 Å². The monoisotopic (exact) mass is 244 g/mol. The fraction of sp³-hybridized carbons (Fsp3) is 0.500. The van der Waals surface area contributed by atoms with Crippen LogP contribution in [0.25, 0.3) is 0 Å². The maximum Gasteiger partial charge on any atom is 0.387 e. The Balaban J connectivity index is 2.70. The third-order valence-electron chi connectivity index (χ3n) is 2.56. The number of ether oxygens (including phenoxy) is 1. The number of alkyl halides is 2. The van der Waals surface area contributed by atoms with Gasteiger partial charge in [0.25, 0.3) is 0 Å². The van der Waals surface area contributed by atoms with Crippen LogP contribution >= 0.6 is 0 Å². The number of likely N-dealkylation sites (N-methyl/N-ethyl adjacent to an activating group) is 1. The average Bonchev–Trinajstić information content (AvgIpc) is 2.28. The van der Waals surface area contributed by atoms with Gasteiger partial charge in [-0.05, 0) is 31.3 Å². The van der Waals surface area contributed by atoms with Crippen molar-refractivity contribution in [3.8, 4) is 5.75 Å². The Labute approximate surface area is 100 Å². The maximum atomic E-state index is 12.1. The average molecular weight is 244 g/mol. The van der Waals surface area contributed by atoms with Gasteiger partial charge in [-0.15, -0.1) is 0 Å². The van der Waals surface area contributed by atoms with Crippen LogP contribution in [0.2, 0.25) is 0 Å². The van der Waals surface area contributed by atoms with Gasteiger partial charge < -0.3 is 15.4 Å². The molecule has 3 nitrogen and oxygen atoms in total. The van der Waals surface area contributed by atoms with E-state index in [0.717, 1.165) is 12.1 Å². The first kappa shape index (κ1) is 13.9. The molecule has 5 heteroatoms. The highest BCUT2D eigenvalue weighted by molar-refractivity contribution is 5.30. The number of nitrogens with zero attached hydrogens (tertiary/aromatic N) is 1. The molecule has 0 saturated heterocycles. The van der Waals surface area contributed by atoms with Crippen LogP contribution in [0, 0.1) is 0 Å². The lowest BCUT2D eigenvalue weighted by atomic mass is 10.1. The van der Waals surface area contributed by atoms with Gasteiger partial charge in [0.1, 0.15) is 5.75 Å². The second kappa shape index (κ2) is 6.51. The first-order valence-corrected chi connectivity index (χ1v) is 5.51. The summed E-state index contributed by atoms with van der Waals surface area (Å²) in [6, 6.07) is 6.32. The SMILES string of the molecule is CCN(C)CC(N)c1cccc(OC(F)F)c1.